The average Bonchev–Trinajstić information content (AvgIpc) is 2.46. The van der Waals surface area contributed by atoms with Crippen molar-refractivity contribution in [3.8, 4) is 0 Å². The molecule has 6 heteroatoms. The number of anilines is 1. The Morgan fingerprint density at radius 1 is 1.38 bits per heavy atom. The Bertz CT molecular complexity index is 700. The van der Waals surface area contributed by atoms with Crippen LogP contribution in [0, 0.1) is 0 Å². The van der Waals surface area contributed by atoms with E-state index < -0.39 is 17.9 Å². The van der Waals surface area contributed by atoms with Crippen LogP contribution in [0.25, 0.3) is 10.9 Å². The van der Waals surface area contributed by atoms with Crippen LogP contribution in [0.15, 0.2) is 30.3 Å². The van der Waals surface area contributed by atoms with Crippen molar-refractivity contribution < 1.29 is 14.7 Å². The lowest BCUT2D eigenvalue weighted by Crippen LogP contribution is -2.42. The molecule has 0 saturated heterocycles. The lowest BCUT2D eigenvalue weighted by Gasteiger charge is -2.23. The quantitative estimate of drug-likeness (QED) is 0.893. The van der Waals surface area contributed by atoms with E-state index in [0.29, 0.717) is 17.6 Å². The second kappa shape index (κ2) is 5.78. The van der Waals surface area contributed by atoms with Crippen molar-refractivity contribution in [1.82, 2.24) is 9.88 Å². The molecule has 1 atom stereocenters. The largest absolute Gasteiger partial charge is 0.480 e. The number of aromatic nitrogens is 1. The van der Waals surface area contributed by atoms with E-state index in [4.69, 9.17) is 10.8 Å². The van der Waals surface area contributed by atoms with Crippen molar-refractivity contribution in [2.75, 3.05) is 12.8 Å². The molecular formula is C15H17N3O3. The van der Waals surface area contributed by atoms with Gasteiger partial charge in [-0.2, -0.15) is 0 Å². The number of carboxylic acids is 1. The third-order valence-corrected chi connectivity index (χ3v) is 3.43. The summed E-state index contributed by atoms with van der Waals surface area (Å²) in [4.78, 5) is 29.0. The number of carbonyl (C=O) groups is 2. The SMILES string of the molecule is CCC(C(=O)O)N(C)C(=O)c1cc(N)c2ccccc2n1. The first-order valence-corrected chi connectivity index (χ1v) is 6.61. The molecule has 0 aliphatic rings. The number of fused-ring (bicyclic) bond motifs is 1. The number of benzene rings is 1. The molecule has 1 unspecified atom stereocenters. The van der Waals surface area contributed by atoms with E-state index in [1.54, 1.807) is 19.1 Å². The van der Waals surface area contributed by atoms with Gasteiger partial charge < -0.3 is 15.7 Å². The molecule has 1 heterocycles. The molecule has 0 aliphatic carbocycles. The summed E-state index contributed by atoms with van der Waals surface area (Å²) in [6, 6.07) is 7.82. The van der Waals surface area contributed by atoms with Gasteiger partial charge in [0.25, 0.3) is 5.91 Å². The van der Waals surface area contributed by atoms with Crippen LogP contribution in [0.2, 0.25) is 0 Å². The van der Waals surface area contributed by atoms with E-state index in [1.807, 2.05) is 12.1 Å². The van der Waals surface area contributed by atoms with Gasteiger partial charge in [-0.1, -0.05) is 25.1 Å². The second-order valence-corrected chi connectivity index (χ2v) is 4.79. The zero-order chi connectivity index (χ0) is 15.6. The van der Waals surface area contributed by atoms with Gasteiger partial charge in [0, 0.05) is 18.1 Å². The number of rotatable bonds is 4. The minimum absolute atomic E-state index is 0.147. The molecule has 1 aromatic heterocycles. The fourth-order valence-electron chi connectivity index (χ4n) is 2.25. The summed E-state index contributed by atoms with van der Waals surface area (Å²) in [6.45, 7) is 1.71. The third kappa shape index (κ3) is 2.79. The monoisotopic (exact) mass is 287 g/mol. The van der Waals surface area contributed by atoms with Gasteiger partial charge in [0.1, 0.15) is 11.7 Å². The van der Waals surface area contributed by atoms with Crippen molar-refractivity contribution >= 4 is 28.5 Å². The van der Waals surface area contributed by atoms with Gasteiger partial charge in [0.05, 0.1) is 5.52 Å². The van der Waals surface area contributed by atoms with Crippen molar-refractivity contribution in [2.45, 2.75) is 19.4 Å². The lowest BCUT2D eigenvalue weighted by molar-refractivity contribution is -0.142. The summed E-state index contributed by atoms with van der Waals surface area (Å²) in [5.74, 6) is -1.50. The van der Waals surface area contributed by atoms with Crippen LogP contribution in [-0.2, 0) is 4.79 Å². The molecule has 21 heavy (non-hydrogen) atoms. The highest BCUT2D eigenvalue weighted by Gasteiger charge is 2.26. The van der Waals surface area contributed by atoms with Crippen LogP contribution in [-0.4, -0.2) is 40.0 Å². The highest BCUT2D eigenvalue weighted by molar-refractivity contribution is 6.00. The summed E-state index contributed by atoms with van der Waals surface area (Å²) in [6.07, 6.45) is 0.320. The highest BCUT2D eigenvalue weighted by atomic mass is 16.4. The first-order chi connectivity index (χ1) is 9.95. The van der Waals surface area contributed by atoms with Crippen LogP contribution >= 0.6 is 0 Å². The fourth-order valence-corrected chi connectivity index (χ4v) is 2.25. The molecule has 2 aromatic rings. The summed E-state index contributed by atoms with van der Waals surface area (Å²) < 4.78 is 0. The standard InChI is InChI=1S/C15H17N3O3/c1-3-13(15(20)21)18(2)14(19)12-8-10(16)9-6-4-5-7-11(9)17-12/h4-8,13H,3H2,1-2H3,(H2,16,17)(H,20,21). The molecule has 0 bridgehead atoms. The topological polar surface area (TPSA) is 96.5 Å². The lowest BCUT2D eigenvalue weighted by atomic mass is 10.1. The molecule has 3 N–H and O–H groups in total. The number of nitrogens with two attached hydrogens (primary N) is 1. The Hall–Kier alpha value is -2.63. The predicted molar refractivity (Wildman–Crippen MR) is 80.0 cm³/mol. The number of nitrogen functional groups attached to an aromatic ring is 1. The molecule has 0 fully saturated rings. The molecule has 2 rings (SSSR count). The zero-order valence-electron chi connectivity index (χ0n) is 11.9. The number of nitrogens with zero attached hydrogens (tertiary/aromatic N) is 2. The smallest absolute Gasteiger partial charge is 0.326 e. The van der Waals surface area contributed by atoms with Gasteiger partial charge in [-0.3, -0.25) is 4.79 Å². The number of hydrogen-bond acceptors (Lipinski definition) is 4. The Balaban J connectivity index is 2.41. The van der Waals surface area contributed by atoms with E-state index in [2.05, 4.69) is 4.98 Å². The highest BCUT2D eigenvalue weighted by Crippen LogP contribution is 2.21. The van der Waals surface area contributed by atoms with E-state index in [1.165, 1.54) is 18.0 Å². The number of carboxylic acid groups (broad SMARTS) is 1. The number of likely N-dealkylation sites (N-methyl/N-ethyl adjacent to an activating group) is 1. The van der Waals surface area contributed by atoms with Crippen LogP contribution < -0.4 is 5.73 Å². The first kappa shape index (κ1) is 14.8. The average molecular weight is 287 g/mol. The number of aliphatic carboxylic acids is 1. The van der Waals surface area contributed by atoms with Crippen LogP contribution in [0.5, 0.6) is 0 Å². The fraction of sp³-hybridized carbons (Fsp3) is 0.267. The summed E-state index contributed by atoms with van der Waals surface area (Å²) >= 11 is 0. The molecule has 6 nitrogen and oxygen atoms in total. The maximum atomic E-state index is 12.4. The maximum Gasteiger partial charge on any atom is 0.326 e. The molecule has 0 saturated carbocycles. The van der Waals surface area contributed by atoms with E-state index in [-0.39, 0.29) is 5.69 Å². The molecule has 0 radical (unpaired) electrons. The number of para-hydroxylation sites is 1. The van der Waals surface area contributed by atoms with Crippen molar-refractivity contribution in [3.63, 3.8) is 0 Å². The molecule has 1 amide bonds. The van der Waals surface area contributed by atoms with E-state index in [0.717, 1.165) is 5.39 Å². The summed E-state index contributed by atoms with van der Waals surface area (Å²) in [5, 5.41) is 9.89. The van der Waals surface area contributed by atoms with Crippen molar-refractivity contribution in [2.24, 2.45) is 0 Å². The van der Waals surface area contributed by atoms with Crippen LogP contribution in [0.4, 0.5) is 5.69 Å². The minimum Gasteiger partial charge on any atom is -0.480 e. The number of carbonyl (C=O) groups excluding carboxylic acids is 1. The van der Waals surface area contributed by atoms with E-state index >= 15 is 0 Å². The van der Waals surface area contributed by atoms with Gasteiger partial charge in [0.15, 0.2) is 0 Å². The van der Waals surface area contributed by atoms with Crippen molar-refractivity contribution in [3.05, 3.63) is 36.0 Å². The molecule has 0 aliphatic heterocycles. The summed E-state index contributed by atoms with van der Waals surface area (Å²) in [5.41, 5.74) is 7.14. The molecule has 110 valence electrons. The Kier molecular flexibility index (Phi) is 4.07. The van der Waals surface area contributed by atoms with Gasteiger partial charge >= 0.3 is 5.97 Å². The maximum absolute atomic E-state index is 12.4. The predicted octanol–water partition coefficient (Wildman–Crippen LogP) is 1.75. The normalized spacial score (nSPS) is 12.1. The molecule has 0 spiro atoms. The van der Waals surface area contributed by atoms with Gasteiger partial charge in [0.2, 0.25) is 0 Å². The second-order valence-electron chi connectivity index (χ2n) is 4.79. The van der Waals surface area contributed by atoms with Crippen molar-refractivity contribution in [1.29, 1.82) is 0 Å². The number of amides is 1. The number of pyridine rings is 1. The van der Waals surface area contributed by atoms with Crippen LogP contribution in [0.3, 0.4) is 0 Å². The molecular weight excluding hydrogens is 270 g/mol. The minimum atomic E-state index is -1.04. The Morgan fingerprint density at radius 2 is 2.05 bits per heavy atom. The van der Waals surface area contributed by atoms with E-state index in [9.17, 15) is 9.59 Å². The molecule has 1 aromatic carbocycles. The van der Waals surface area contributed by atoms with Crippen LogP contribution in [0.1, 0.15) is 23.8 Å². The summed E-state index contributed by atoms with van der Waals surface area (Å²) in [7, 11) is 1.46. The van der Waals surface area contributed by atoms with Gasteiger partial charge in [-0.05, 0) is 18.6 Å². The Labute approximate surface area is 122 Å². The third-order valence-electron chi connectivity index (χ3n) is 3.43. The number of hydrogen-bond donors (Lipinski definition) is 2. The van der Waals surface area contributed by atoms with Gasteiger partial charge in [-0.25, -0.2) is 9.78 Å². The first-order valence-electron chi connectivity index (χ1n) is 6.61. The van der Waals surface area contributed by atoms with Gasteiger partial charge in [-0.15, -0.1) is 0 Å². The zero-order valence-corrected chi connectivity index (χ0v) is 11.9. The Morgan fingerprint density at radius 3 is 2.67 bits per heavy atom.